The Bertz CT molecular complexity index is 2310. The molecule has 292 valence electrons. The Balaban J connectivity index is 1.17. The molecule has 8 rings (SSSR count). The highest BCUT2D eigenvalue weighted by Gasteiger charge is 2.42. The summed E-state index contributed by atoms with van der Waals surface area (Å²) in [5, 5.41) is 0. The minimum absolute atomic E-state index is 0.0109. The van der Waals surface area contributed by atoms with E-state index >= 15 is 0 Å². The number of hydrogen-bond donors (Lipinski definition) is 0. The highest BCUT2D eigenvalue weighted by atomic mass is 15.1. The van der Waals surface area contributed by atoms with Crippen molar-refractivity contribution in [2.45, 2.75) is 83.5 Å². The summed E-state index contributed by atoms with van der Waals surface area (Å²) < 4.78 is 0. The molecule has 0 N–H and O–H groups in total. The second-order valence-electron chi connectivity index (χ2n) is 16.2. The lowest BCUT2D eigenvalue weighted by molar-refractivity contribution is 0.401. The lowest BCUT2D eigenvalue weighted by Crippen LogP contribution is -2.25. The normalized spacial score (nSPS) is 12.5. The lowest BCUT2D eigenvalue weighted by Gasteiger charge is -2.33. The number of para-hydroxylation sites is 3. The zero-order valence-electron chi connectivity index (χ0n) is 34.7. The van der Waals surface area contributed by atoms with E-state index in [1.165, 1.54) is 120 Å². The molecule has 1 aliphatic rings. The first-order valence-corrected chi connectivity index (χ1v) is 21.8. The van der Waals surface area contributed by atoms with Crippen molar-refractivity contribution in [3.8, 4) is 33.4 Å². The van der Waals surface area contributed by atoms with Crippen molar-refractivity contribution in [1.82, 2.24) is 0 Å². The van der Waals surface area contributed by atoms with E-state index in [1.807, 2.05) is 0 Å². The molecular formula is C56H58N2. The molecule has 0 saturated carbocycles. The van der Waals surface area contributed by atoms with Gasteiger partial charge in [0, 0.05) is 40.9 Å². The van der Waals surface area contributed by atoms with Crippen molar-refractivity contribution >= 4 is 28.4 Å². The number of hydrogen-bond acceptors (Lipinski definition) is 2. The predicted octanol–water partition coefficient (Wildman–Crippen LogP) is 16.5. The van der Waals surface area contributed by atoms with Crippen molar-refractivity contribution in [3.05, 3.63) is 187 Å². The highest BCUT2D eigenvalue weighted by Crippen LogP contribution is 2.56. The Kier molecular flexibility index (Phi) is 12.2. The number of benzene rings is 7. The summed E-state index contributed by atoms with van der Waals surface area (Å²) in [6.45, 7) is 4.65. The van der Waals surface area contributed by atoms with Crippen LogP contribution in [0, 0.1) is 0 Å². The largest absolute Gasteiger partial charge is 0.345 e. The van der Waals surface area contributed by atoms with Gasteiger partial charge < -0.3 is 9.80 Å². The molecule has 7 aromatic carbocycles. The van der Waals surface area contributed by atoms with Crippen molar-refractivity contribution in [2.75, 3.05) is 16.8 Å². The Morgan fingerprint density at radius 3 is 1.16 bits per heavy atom. The summed E-state index contributed by atoms with van der Waals surface area (Å²) in [6, 6.07) is 65.1. The summed E-state index contributed by atoms with van der Waals surface area (Å²) in [5.74, 6) is 0. The van der Waals surface area contributed by atoms with Crippen LogP contribution in [0.25, 0.3) is 33.4 Å². The van der Waals surface area contributed by atoms with Gasteiger partial charge in [-0.1, -0.05) is 168 Å². The van der Waals surface area contributed by atoms with Gasteiger partial charge >= 0.3 is 0 Å². The maximum atomic E-state index is 2.57. The molecular weight excluding hydrogens is 701 g/mol. The van der Waals surface area contributed by atoms with Crippen LogP contribution in [0.1, 0.15) is 89.2 Å². The molecule has 0 unspecified atom stereocenters. The van der Waals surface area contributed by atoms with Crippen LogP contribution in [0.15, 0.2) is 176 Å². The third kappa shape index (κ3) is 8.12. The third-order valence-electron chi connectivity index (χ3n) is 12.5. The molecule has 2 nitrogen and oxygen atoms in total. The molecule has 0 aliphatic heterocycles. The molecule has 0 spiro atoms. The molecule has 0 amide bonds. The van der Waals surface area contributed by atoms with E-state index in [1.54, 1.807) is 0 Å². The minimum atomic E-state index is -0.0109. The first kappa shape index (κ1) is 39.0. The molecule has 0 radical (unpaired) electrons. The lowest BCUT2D eigenvalue weighted by atomic mass is 9.70. The smallest absolute Gasteiger partial charge is 0.0462 e. The van der Waals surface area contributed by atoms with E-state index in [2.05, 4.69) is 207 Å². The van der Waals surface area contributed by atoms with Crippen LogP contribution in [-0.2, 0) is 5.41 Å². The van der Waals surface area contributed by atoms with Crippen molar-refractivity contribution in [1.29, 1.82) is 0 Å². The van der Waals surface area contributed by atoms with E-state index in [0.29, 0.717) is 0 Å². The molecule has 0 saturated heterocycles. The number of rotatable bonds is 17. The number of unbranched alkanes of at least 4 members (excludes halogenated alkanes) is 6. The van der Waals surface area contributed by atoms with Gasteiger partial charge in [0.05, 0.1) is 0 Å². The number of nitrogens with zero attached hydrogens (tertiary/aromatic N) is 2. The number of anilines is 5. The highest BCUT2D eigenvalue weighted by molar-refractivity contribution is 5.87. The Labute approximate surface area is 347 Å². The zero-order chi connectivity index (χ0) is 39.7. The Hall–Kier alpha value is -5.86. The Morgan fingerprint density at radius 1 is 0.362 bits per heavy atom. The summed E-state index contributed by atoms with van der Waals surface area (Å²) in [4.78, 5) is 4.60. The monoisotopic (exact) mass is 758 g/mol. The summed E-state index contributed by atoms with van der Waals surface area (Å²) >= 11 is 0. The maximum Gasteiger partial charge on any atom is 0.0462 e. The SMILES string of the molecule is CCCCCCC1(CCCCCC)c2cc(-c3ccc(N(C)c4ccccc4)cc3)ccc2-c2ccc(-c3ccc(N(c4ccccc4)c4ccccc4)cc3)cc21. The summed E-state index contributed by atoms with van der Waals surface area (Å²) in [7, 11) is 2.15. The molecule has 2 heteroatoms. The fourth-order valence-electron chi connectivity index (χ4n) is 9.31. The van der Waals surface area contributed by atoms with Gasteiger partial charge in [-0.05, 0) is 130 Å². The second-order valence-corrected chi connectivity index (χ2v) is 16.2. The zero-order valence-corrected chi connectivity index (χ0v) is 34.7. The average molecular weight is 759 g/mol. The first-order chi connectivity index (χ1) is 28.6. The Morgan fingerprint density at radius 2 is 0.724 bits per heavy atom. The average Bonchev–Trinajstić information content (AvgIpc) is 3.55. The summed E-state index contributed by atoms with van der Waals surface area (Å²) in [5.41, 5.74) is 16.9. The van der Waals surface area contributed by atoms with Crippen LogP contribution in [0.4, 0.5) is 28.4 Å². The van der Waals surface area contributed by atoms with Gasteiger partial charge in [0.1, 0.15) is 0 Å². The molecule has 0 aromatic heterocycles. The fourth-order valence-corrected chi connectivity index (χ4v) is 9.31. The van der Waals surface area contributed by atoms with Crippen molar-refractivity contribution in [3.63, 3.8) is 0 Å². The van der Waals surface area contributed by atoms with Gasteiger partial charge in [-0.2, -0.15) is 0 Å². The van der Waals surface area contributed by atoms with Crippen LogP contribution >= 0.6 is 0 Å². The quantitative estimate of drug-likeness (QED) is 0.0854. The third-order valence-corrected chi connectivity index (χ3v) is 12.5. The second kappa shape index (κ2) is 18.2. The first-order valence-electron chi connectivity index (χ1n) is 21.8. The van der Waals surface area contributed by atoms with Crippen LogP contribution in [0.2, 0.25) is 0 Å². The van der Waals surface area contributed by atoms with Gasteiger partial charge in [-0.15, -0.1) is 0 Å². The van der Waals surface area contributed by atoms with E-state index in [4.69, 9.17) is 0 Å². The number of fused-ring (bicyclic) bond motifs is 3. The van der Waals surface area contributed by atoms with Crippen LogP contribution in [0.3, 0.4) is 0 Å². The fraction of sp³-hybridized carbons (Fsp3) is 0.250. The van der Waals surface area contributed by atoms with Gasteiger partial charge in [0.25, 0.3) is 0 Å². The van der Waals surface area contributed by atoms with Crippen LogP contribution in [-0.4, -0.2) is 7.05 Å². The topological polar surface area (TPSA) is 6.48 Å². The molecule has 0 bridgehead atoms. The minimum Gasteiger partial charge on any atom is -0.345 e. The van der Waals surface area contributed by atoms with Crippen molar-refractivity contribution in [2.24, 2.45) is 0 Å². The van der Waals surface area contributed by atoms with Gasteiger partial charge in [-0.3, -0.25) is 0 Å². The van der Waals surface area contributed by atoms with E-state index in [0.717, 1.165) is 17.1 Å². The van der Waals surface area contributed by atoms with Gasteiger partial charge in [0.15, 0.2) is 0 Å². The van der Waals surface area contributed by atoms with E-state index < -0.39 is 0 Å². The molecule has 1 aliphatic carbocycles. The molecule has 58 heavy (non-hydrogen) atoms. The van der Waals surface area contributed by atoms with Gasteiger partial charge in [0.2, 0.25) is 0 Å². The standard InChI is InChI=1S/C56H58N2/c1-4-6-8-19-39-56(40-20-9-7-5-2)54-41-45(43-27-33-48(34-28-43)57(3)47-21-13-10-14-22-47)31-37-52(54)53-38-32-46(42-55(53)56)44-29-35-51(36-30-44)58(49-23-15-11-16-24-49)50-25-17-12-18-26-50/h10-18,21-38,41-42H,4-9,19-20,39-40H2,1-3H3. The molecule has 0 heterocycles. The van der Waals surface area contributed by atoms with Crippen LogP contribution in [0.5, 0.6) is 0 Å². The predicted molar refractivity (Wildman–Crippen MR) is 250 cm³/mol. The maximum absolute atomic E-state index is 2.57. The van der Waals surface area contributed by atoms with Gasteiger partial charge in [-0.25, -0.2) is 0 Å². The van der Waals surface area contributed by atoms with E-state index in [9.17, 15) is 0 Å². The molecule has 7 aromatic rings. The van der Waals surface area contributed by atoms with Crippen molar-refractivity contribution < 1.29 is 0 Å². The van der Waals surface area contributed by atoms with E-state index in [-0.39, 0.29) is 5.41 Å². The molecule has 0 atom stereocenters. The molecule has 0 fully saturated rings. The van der Waals surface area contributed by atoms with Crippen LogP contribution < -0.4 is 9.80 Å². The summed E-state index contributed by atoms with van der Waals surface area (Å²) in [6.07, 6.45) is 12.5.